The van der Waals surface area contributed by atoms with Gasteiger partial charge in [0.25, 0.3) is 0 Å². The average molecular weight is 468 g/mol. The molecule has 1 unspecified atom stereocenters. The van der Waals surface area contributed by atoms with Gasteiger partial charge < -0.3 is 20.9 Å². The number of carbonyl (C=O) groups excluding carboxylic acids is 1. The highest BCUT2D eigenvalue weighted by atomic mass is 16.2. The summed E-state index contributed by atoms with van der Waals surface area (Å²) < 4.78 is 1.49. The van der Waals surface area contributed by atoms with Crippen molar-refractivity contribution >= 4 is 11.8 Å². The maximum Gasteiger partial charge on any atom is 0.354 e. The van der Waals surface area contributed by atoms with Crippen LogP contribution in [0.2, 0.25) is 0 Å². The number of benzene rings is 1. The predicted octanol–water partition coefficient (Wildman–Crippen LogP) is 1.66. The Morgan fingerprint density at radius 3 is 2.56 bits per heavy atom. The number of amides is 2. The van der Waals surface area contributed by atoms with Gasteiger partial charge in [0.15, 0.2) is 0 Å². The van der Waals surface area contributed by atoms with E-state index in [4.69, 9.17) is 5.73 Å². The number of carbonyl (C=O) groups is 1. The zero-order valence-corrected chi connectivity index (χ0v) is 20.2. The molecule has 4 rings (SSSR count). The lowest BCUT2D eigenvalue weighted by molar-refractivity contribution is 0.132. The smallest absolute Gasteiger partial charge is 0.328 e. The number of anilines is 1. The normalized spacial score (nSPS) is 21.2. The van der Waals surface area contributed by atoms with E-state index in [9.17, 15) is 9.59 Å². The minimum absolute atomic E-state index is 0.231. The molecule has 0 spiro atoms. The second-order valence-corrected chi connectivity index (χ2v) is 9.54. The zero-order chi connectivity index (χ0) is 24.1. The first-order chi connectivity index (χ1) is 16.4. The summed E-state index contributed by atoms with van der Waals surface area (Å²) in [7, 11) is 0. The maximum absolute atomic E-state index is 12.6. The molecule has 4 N–H and O–H groups in total. The van der Waals surface area contributed by atoms with Gasteiger partial charge in [0.05, 0.1) is 5.69 Å². The Morgan fingerprint density at radius 1 is 1.24 bits per heavy atom. The number of likely N-dealkylation sites (N-methyl/N-ethyl adjacent to an activating group) is 1. The van der Waals surface area contributed by atoms with E-state index in [0.29, 0.717) is 25.2 Å². The van der Waals surface area contributed by atoms with E-state index in [1.165, 1.54) is 10.1 Å². The summed E-state index contributed by atoms with van der Waals surface area (Å²) in [5.74, 6) is 0.992. The molecule has 184 valence electrons. The van der Waals surface area contributed by atoms with Gasteiger partial charge in [-0.15, -0.1) is 0 Å². The van der Waals surface area contributed by atoms with Crippen molar-refractivity contribution in [2.75, 3.05) is 44.6 Å². The molecule has 1 saturated carbocycles. The molecule has 34 heavy (non-hydrogen) atoms. The highest BCUT2D eigenvalue weighted by Gasteiger charge is 2.28. The van der Waals surface area contributed by atoms with Crippen LogP contribution in [0.1, 0.15) is 32.3 Å². The highest BCUT2D eigenvalue weighted by Crippen LogP contribution is 2.27. The molecule has 2 heterocycles. The van der Waals surface area contributed by atoms with Crippen molar-refractivity contribution < 1.29 is 4.79 Å². The summed E-state index contributed by atoms with van der Waals surface area (Å²) in [6.45, 7) is 9.44. The molecule has 9 nitrogen and oxygen atoms in total. The molecule has 2 fully saturated rings. The molecule has 1 aliphatic heterocycles. The van der Waals surface area contributed by atoms with Crippen molar-refractivity contribution in [2.45, 2.75) is 45.2 Å². The molecule has 1 saturated heterocycles. The maximum atomic E-state index is 12.6. The standard InChI is InChI=1S/C25H37N7O2/c1-3-30(17-20-15-21(26)16-20)18(2)14-19-4-6-22(7-5-19)32-11-8-23(29-25(32)34)28-24(33)31-12-9-27-10-13-31/h4-8,11,18,20-21,27H,3,9-10,12-17,26H2,1-2H3,(H,28,29,33,34). The molecule has 0 radical (unpaired) electrons. The third kappa shape index (κ3) is 6.02. The van der Waals surface area contributed by atoms with Gasteiger partial charge in [0, 0.05) is 51.0 Å². The number of nitrogens with two attached hydrogens (primary N) is 1. The van der Waals surface area contributed by atoms with Crippen LogP contribution in [0.5, 0.6) is 0 Å². The van der Waals surface area contributed by atoms with E-state index in [0.717, 1.165) is 57.0 Å². The number of piperazine rings is 1. The summed E-state index contributed by atoms with van der Waals surface area (Å²) in [5, 5.41) is 5.93. The van der Waals surface area contributed by atoms with E-state index < -0.39 is 5.69 Å². The fourth-order valence-corrected chi connectivity index (χ4v) is 4.88. The number of urea groups is 1. The molecular formula is C25H37N7O2. The number of hydrogen-bond donors (Lipinski definition) is 3. The van der Waals surface area contributed by atoms with Crippen molar-refractivity contribution in [3.63, 3.8) is 0 Å². The second-order valence-electron chi connectivity index (χ2n) is 9.54. The summed E-state index contributed by atoms with van der Waals surface area (Å²) in [6.07, 6.45) is 4.89. The Morgan fingerprint density at radius 2 is 1.94 bits per heavy atom. The first kappa shape index (κ1) is 24.4. The lowest BCUT2D eigenvalue weighted by Crippen LogP contribution is -2.48. The molecule has 2 amide bonds. The Labute approximate surface area is 201 Å². The quantitative estimate of drug-likeness (QED) is 0.545. The van der Waals surface area contributed by atoms with Gasteiger partial charge in [-0.05, 0) is 62.4 Å². The van der Waals surface area contributed by atoms with E-state index in [-0.39, 0.29) is 11.8 Å². The zero-order valence-electron chi connectivity index (χ0n) is 20.2. The summed E-state index contributed by atoms with van der Waals surface area (Å²) >= 11 is 0. The van der Waals surface area contributed by atoms with E-state index in [1.54, 1.807) is 17.2 Å². The van der Waals surface area contributed by atoms with Crippen molar-refractivity contribution in [3.8, 4) is 5.69 Å². The first-order valence-corrected chi connectivity index (χ1v) is 12.4. The summed E-state index contributed by atoms with van der Waals surface area (Å²) in [6, 6.07) is 10.3. The Balaban J connectivity index is 1.35. The number of hydrogen-bond acceptors (Lipinski definition) is 6. The van der Waals surface area contributed by atoms with Crippen molar-refractivity contribution in [1.29, 1.82) is 0 Å². The van der Waals surface area contributed by atoms with Gasteiger partial charge in [-0.2, -0.15) is 4.98 Å². The predicted molar refractivity (Wildman–Crippen MR) is 134 cm³/mol. The van der Waals surface area contributed by atoms with E-state index >= 15 is 0 Å². The molecule has 2 aliphatic rings. The Bertz CT molecular complexity index is 1010. The Kier molecular flexibility index (Phi) is 7.97. The van der Waals surface area contributed by atoms with E-state index in [2.05, 4.69) is 46.5 Å². The minimum atomic E-state index is -0.421. The number of nitrogens with zero attached hydrogens (tertiary/aromatic N) is 4. The lowest BCUT2D eigenvalue weighted by Gasteiger charge is -2.38. The molecular weight excluding hydrogens is 430 g/mol. The van der Waals surface area contributed by atoms with Gasteiger partial charge in [-0.3, -0.25) is 9.88 Å². The Hall–Kier alpha value is -2.75. The molecule has 9 heteroatoms. The van der Waals surface area contributed by atoms with Crippen LogP contribution in [0.25, 0.3) is 5.69 Å². The fraction of sp³-hybridized carbons (Fsp3) is 0.560. The number of aromatic nitrogens is 2. The molecule has 1 atom stereocenters. The first-order valence-electron chi connectivity index (χ1n) is 12.4. The average Bonchev–Trinajstić information content (AvgIpc) is 2.82. The van der Waals surface area contributed by atoms with Crippen LogP contribution >= 0.6 is 0 Å². The van der Waals surface area contributed by atoms with Crippen LogP contribution in [0, 0.1) is 5.92 Å². The van der Waals surface area contributed by atoms with Gasteiger partial charge >= 0.3 is 11.7 Å². The monoisotopic (exact) mass is 467 g/mol. The number of nitrogens with one attached hydrogen (secondary N) is 2. The SMILES string of the molecule is CCN(CC1CC(N)C1)C(C)Cc1ccc(-n2ccc(NC(=O)N3CCNCC3)nc2=O)cc1. The number of rotatable bonds is 8. The van der Waals surface area contributed by atoms with Crippen LogP contribution in [0.15, 0.2) is 41.3 Å². The lowest BCUT2D eigenvalue weighted by atomic mass is 9.80. The van der Waals surface area contributed by atoms with Crippen LogP contribution < -0.4 is 22.1 Å². The van der Waals surface area contributed by atoms with Crippen LogP contribution in [0.4, 0.5) is 10.6 Å². The molecule has 2 aromatic rings. The van der Waals surface area contributed by atoms with Crippen molar-refractivity contribution in [2.24, 2.45) is 11.7 Å². The summed E-state index contributed by atoms with van der Waals surface area (Å²) in [4.78, 5) is 33.3. The third-order valence-electron chi connectivity index (χ3n) is 6.98. The van der Waals surface area contributed by atoms with Crippen LogP contribution in [0.3, 0.4) is 0 Å². The topological polar surface area (TPSA) is 109 Å². The van der Waals surface area contributed by atoms with Gasteiger partial charge in [-0.25, -0.2) is 9.59 Å². The minimum Gasteiger partial charge on any atom is -0.328 e. The molecule has 1 aliphatic carbocycles. The van der Waals surface area contributed by atoms with Crippen molar-refractivity contribution in [1.82, 2.24) is 24.7 Å². The van der Waals surface area contributed by atoms with Crippen LogP contribution in [-0.4, -0.2) is 76.7 Å². The third-order valence-corrected chi connectivity index (χ3v) is 6.98. The molecule has 1 aromatic heterocycles. The largest absolute Gasteiger partial charge is 0.354 e. The summed E-state index contributed by atoms with van der Waals surface area (Å²) in [5.41, 5.74) is 7.52. The molecule has 1 aromatic carbocycles. The van der Waals surface area contributed by atoms with Crippen LogP contribution in [-0.2, 0) is 6.42 Å². The fourth-order valence-electron chi connectivity index (χ4n) is 4.88. The van der Waals surface area contributed by atoms with Gasteiger partial charge in [-0.1, -0.05) is 19.1 Å². The van der Waals surface area contributed by atoms with Gasteiger partial charge in [0.1, 0.15) is 5.82 Å². The van der Waals surface area contributed by atoms with Crippen molar-refractivity contribution in [3.05, 3.63) is 52.6 Å². The highest BCUT2D eigenvalue weighted by molar-refractivity contribution is 5.88. The second kappa shape index (κ2) is 11.1. The van der Waals surface area contributed by atoms with E-state index in [1.807, 2.05) is 12.1 Å². The molecule has 0 bridgehead atoms. The van der Waals surface area contributed by atoms with Gasteiger partial charge in [0.2, 0.25) is 0 Å².